The topological polar surface area (TPSA) is 0 Å². The molecular weight excluding hydrogens is 248 g/mol. The summed E-state index contributed by atoms with van der Waals surface area (Å²) >= 11 is 3.45. The zero-order valence-electron chi connectivity index (χ0n) is 9.16. The van der Waals surface area contributed by atoms with E-state index in [9.17, 15) is 0 Å². The highest BCUT2D eigenvalue weighted by atomic mass is 79.9. The van der Waals surface area contributed by atoms with Gasteiger partial charge < -0.3 is 0 Å². The molecule has 0 fully saturated rings. The van der Waals surface area contributed by atoms with Crippen LogP contribution in [-0.4, -0.2) is 5.33 Å². The second-order valence-corrected chi connectivity index (χ2v) is 4.50. The highest BCUT2D eigenvalue weighted by Gasteiger charge is 1.87. The fraction of sp³-hybridized carbons (Fsp3) is 0.429. The van der Waals surface area contributed by atoms with Crippen molar-refractivity contribution >= 4 is 22.0 Å². The lowest BCUT2D eigenvalue weighted by atomic mass is 10.1. The van der Waals surface area contributed by atoms with Crippen molar-refractivity contribution in [1.82, 2.24) is 0 Å². The van der Waals surface area contributed by atoms with Crippen LogP contribution >= 0.6 is 15.9 Å². The van der Waals surface area contributed by atoms with E-state index in [4.69, 9.17) is 0 Å². The molecule has 0 aliphatic rings. The quantitative estimate of drug-likeness (QED) is 0.479. The Morgan fingerprint density at radius 2 is 1.67 bits per heavy atom. The van der Waals surface area contributed by atoms with Crippen LogP contribution in [0.3, 0.4) is 0 Å². The van der Waals surface area contributed by atoms with Crippen molar-refractivity contribution in [2.45, 2.75) is 32.1 Å². The lowest BCUT2D eigenvalue weighted by molar-refractivity contribution is 0.680. The van der Waals surface area contributed by atoms with Gasteiger partial charge in [0, 0.05) is 5.33 Å². The van der Waals surface area contributed by atoms with Crippen LogP contribution in [0.4, 0.5) is 0 Å². The van der Waals surface area contributed by atoms with Crippen LogP contribution in [0, 0.1) is 0 Å². The first-order chi connectivity index (χ1) is 7.43. The molecule has 0 unspecified atom stereocenters. The molecule has 0 radical (unpaired) electrons. The third-order valence-electron chi connectivity index (χ3n) is 2.36. The molecule has 15 heavy (non-hydrogen) atoms. The average Bonchev–Trinajstić information content (AvgIpc) is 2.29. The summed E-state index contributed by atoms with van der Waals surface area (Å²) in [6.45, 7) is 0. The van der Waals surface area contributed by atoms with E-state index < -0.39 is 0 Å². The molecule has 82 valence electrons. The minimum atomic E-state index is 1.15. The normalized spacial score (nSPS) is 11.0. The second kappa shape index (κ2) is 8.72. The molecule has 0 aliphatic carbocycles. The van der Waals surface area contributed by atoms with Gasteiger partial charge in [0.2, 0.25) is 0 Å². The van der Waals surface area contributed by atoms with Crippen molar-refractivity contribution < 1.29 is 0 Å². The van der Waals surface area contributed by atoms with Crippen molar-refractivity contribution in [3.8, 4) is 0 Å². The molecule has 0 heterocycles. The summed E-state index contributed by atoms with van der Waals surface area (Å²) in [5, 5.41) is 1.15. The minimum absolute atomic E-state index is 1.15. The van der Waals surface area contributed by atoms with Gasteiger partial charge in [-0.05, 0) is 24.8 Å². The van der Waals surface area contributed by atoms with E-state index in [1.54, 1.807) is 0 Å². The van der Waals surface area contributed by atoms with Crippen LogP contribution < -0.4 is 0 Å². The average molecular weight is 267 g/mol. The molecule has 1 aromatic rings. The Morgan fingerprint density at radius 1 is 0.933 bits per heavy atom. The molecule has 0 saturated carbocycles. The van der Waals surface area contributed by atoms with Crippen molar-refractivity contribution in [2.24, 2.45) is 0 Å². The Balaban J connectivity index is 2.07. The molecule has 0 aromatic heterocycles. The standard InChI is InChI=1S/C14H19Br/c15-13-9-4-2-1-3-6-10-14-11-7-5-8-12-14/h5-8,10-12H,1-4,9,13H2/b10-6+. The van der Waals surface area contributed by atoms with Gasteiger partial charge in [0.05, 0.1) is 0 Å². The van der Waals surface area contributed by atoms with E-state index in [0.717, 1.165) is 5.33 Å². The minimum Gasteiger partial charge on any atom is -0.0928 e. The first-order valence-corrected chi connectivity index (χ1v) is 6.83. The largest absolute Gasteiger partial charge is 0.0928 e. The maximum Gasteiger partial charge on any atom is 0.00313 e. The van der Waals surface area contributed by atoms with E-state index in [1.807, 2.05) is 0 Å². The fourth-order valence-corrected chi connectivity index (χ4v) is 1.89. The van der Waals surface area contributed by atoms with E-state index in [1.165, 1.54) is 37.7 Å². The van der Waals surface area contributed by atoms with Crippen LogP contribution in [0.2, 0.25) is 0 Å². The Morgan fingerprint density at radius 3 is 2.40 bits per heavy atom. The van der Waals surface area contributed by atoms with Gasteiger partial charge in [-0.3, -0.25) is 0 Å². The second-order valence-electron chi connectivity index (χ2n) is 3.70. The molecule has 0 atom stereocenters. The van der Waals surface area contributed by atoms with E-state index in [2.05, 4.69) is 58.4 Å². The molecule has 1 rings (SSSR count). The summed E-state index contributed by atoms with van der Waals surface area (Å²) in [6.07, 6.45) is 11.0. The summed E-state index contributed by atoms with van der Waals surface area (Å²) in [6, 6.07) is 10.5. The van der Waals surface area contributed by atoms with Crippen molar-refractivity contribution in [3.05, 3.63) is 42.0 Å². The van der Waals surface area contributed by atoms with E-state index in [0.29, 0.717) is 0 Å². The number of unbranched alkanes of at least 4 members (excludes halogenated alkanes) is 4. The summed E-state index contributed by atoms with van der Waals surface area (Å²) in [4.78, 5) is 0. The third-order valence-corrected chi connectivity index (χ3v) is 2.93. The maximum absolute atomic E-state index is 3.45. The predicted molar refractivity (Wildman–Crippen MR) is 72.4 cm³/mol. The molecular formula is C14H19Br. The van der Waals surface area contributed by atoms with Gasteiger partial charge in [0.25, 0.3) is 0 Å². The smallest absolute Gasteiger partial charge is 0.00313 e. The first-order valence-electron chi connectivity index (χ1n) is 5.71. The molecule has 0 N–H and O–H groups in total. The number of hydrogen-bond acceptors (Lipinski definition) is 0. The van der Waals surface area contributed by atoms with Gasteiger partial charge in [-0.25, -0.2) is 0 Å². The van der Waals surface area contributed by atoms with Crippen LogP contribution in [0.5, 0.6) is 0 Å². The van der Waals surface area contributed by atoms with E-state index >= 15 is 0 Å². The Bertz CT molecular complexity index is 264. The Kier molecular flexibility index (Phi) is 7.28. The van der Waals surface area contributed by atoms with Crippen LogP contribution in [0.1, 0.15) is 37.7 Å². The number of benzene rings is 1. The molecule has 0 spiro atoms. The maximum atomic E-state index is 3.45. The molecule has 0 amide bonds. The number of rotatable bonds is 7. The number of hydrogen-bond donors (Lipinski definition) is 0. The molecule has 0 nitrogen and oxygen atoms in total. The third kappa shape index (κ3) is 6.51. The van der Waals surface area contributed by atoms with Gasteiger partial charge in [0.1, 0.15) is 0 Å². The van der Waals surface area contributed by atoms with Crippen molar-refractivity contribution in [2.75, 3.05) is 5.33 Å². The van der Waals surface area contributed by atoms with Crippen LogP contribution in [-0.2, 0) is 0 Å². The number of alkyl halides is 1. The summed E-state index contributed by atoms with van der Waals surface area (Å²) in [5.41, 5.74) is 1.30. The lowest BCUT2D eigenvalue weighted by Gasteiger charge is -1.96. The summed E-state index contributed by atoms with van der Waals surface area (Å²) < 4.78 is 0. The Labute approximate surface area is 102 Å². The fourth-order valence-electron chi connectivity index (χ4n) is 1.49. The SMILES string of the molecule is BrCCCCCC/C=C/c1ccccc1. The summed E-state index contributed by atoms with van der Waals surface area (Å²) in [7, 11) is 0. The molecule has 0 saturated heterocycles. The van der Waals surface area contributed by atoms with Crippen LogP contribution in [0.25, 0.3) is 6.08 Å². The van der Waals surface area contributed by atoms with Gasteiger partial charge in [-0.1, -0.05) is 71.3 Å². The number of halogens is 1. The van der Waals surface area contributed by atoms with E-state index in [-0.39, 0.29) is 0 Å². The Hall–Kier alpha value is -0.560. The first kappa shape index (κ1) is 12.5. The number of allylic oxidation sites excluding steroid dienone is 1. The van der Waals surface area contributed by atoms with Gasteiger partial charge in [-0.2, -0.15) is 0 Å². The summed E-state index contributed by atoms with van der Waals surface area (Å²) in [5.74, 6) is 0. The molecule has 0 bridgehead atoms. The molecule has 1 heteroatoms. The molecule has 0 aliphatic heterocycles. The monoisotopic (exact) mass is 266 g/mol. The van der Waals surface area contributed by atoms with Crippen molar-refractivity contribution in [3.63, 3.8) is 0 Å². The lowest BCUT2D eigenvalue weighted by Crippen LogP contribution is -1.77. The predicted octanol–water partition coefficient (Wildman–Crippen LogP) is 5.05. The highest BCUT2D eigenvalue weighted by Crippen LogP contribution is 2.07. The van der Waals surface area contributed by atoms with Crippen LogP contribution in [0.15, 0.2) is 36.4 Å². The van der Waals surface area contributed by atoms with Gasteiger partial charge >= 0.3 is 0 Å². The van der Waals surface area contributed by atoms with Gasteiger partial charge in [-0.15, -0.1) is 0 Å². The van der Waals surface area contributed by atoms with Gasteiger partial charge in [0.15, 0.2) is 0 Å². The molecule has 1 aromatic carbocycles. The zero-order valence-corrected chi connectivity index (χ0v) is 10.7. The van der Waals surface area contributed by atoms with Crippen molar-refractivity contribution in [1.29, 1.82) is 0 Å². The zero-order chi connectivity index (χ0) is 10.8. The highest BCUT2D eigenvalue weighted by molar-refractivity contribution is 9.09.